The van der Waals surface area contributed by atoms with Gasteiger partial charge < -0.3 is 10.1 Å². The van der Waals surface area contributed by atoms with Gasteiger partial charge in [0, 0.05) is 32.9 Å². The van der Waals surface area contributed by atoms with Gasteiger partial charge >= 0.3 is 0 Å². The third kappa shape index (κ3) is 3.52. The van der Waals surface area contributed by atoms with Crippen LogP contribution in [0.3, 0.4) is 0 Å². The third-order valence-corrected chi connectivity index (χ3v) is 5.44. The van der Waals surface area contributed by atoms with Crippen molar-refractivity contribution >= 4 is 5.91 Å². The third-order valence-electron chi connectivity index (χ3n) is 5.44. The summed E-state index contributed by atoms with van der Waals surface area (Å²) < 4.78 is 5.79. The Hall–Kier alpha value is -1.35. The van der Waals surface area contributed by atoms with Crippen LogP contribution in [0.4, 0.5) is 0 Å². The lowest BCUT2D eigenvalue weighted by atomic mass is 9.99. The second-order valence-corrected chi connectivity index (χ2v) is 6.98. The number of methoxy groups -OCH3 is 1. The largest absolute Gasteiger partial charge is 0.376 e. The molecular weight excluding hydrogens is 274 g/mol. The molecule has 0 heterocycles. The highest BCUT2D eigenvalue weighted by Crippen LogP contribution is 2.32. The van der Waals surface area contributed by atoms with Gasteiger partial charge in [0.2, 0.25) is 5.91 Å². The molecule has 2 aliphatic rings. The van der Waals surface area contributed by atoms with Gasteiger partial charge in [0.05, 0.1) is 5.60 Å². The average molecular weight is 301 g/mol. The van der Waals surface area contributed by atoms with E-state index < -0.39 is 0 Å². The fourth-order valence-electron chi connectivity index (χ4n) is 3.98. The van der Waals surface area contributed by atoms with E-state index in [4.69, 9.17) is 4.74 Å². The number of carbonyl (C=O) groups excluding carboxylic acids is 1. The molecule has 0 bridgehead atoms. The van der Waals surface area contributed by atoms with Gasteiger partial charge in [-0.2, -0.15) is 0 Å². The molecule has 1 aromatic carbocycles. The second-order valence-electron chi connectivity index (χ2n) is 6.98. The molecule has 1 saturated carbocycles. The predicted octanol–water partition coefficient (Wildman–Crippen LogP) is 3.26. The van der Waals surface area contributed by atoms with Crippen molar-refractivity contribution in [3.8, 4) is 0 Å². The highest BCUT2D eigenvalue weighted by atomic mass is 16.5. The van der Waals surface area contributed by atoms with Gasteiger partial charge in [0.1, 0.15) is 0 Å². The van der Waals surface area contributed by atoms with Crippen molar-refractivity contribution in [2.45, 2.75) is 57.0 Å². The zero-order valence-electron chi connectivity index (χ0n) is 13.6. The Kier molecular flexibility index (Phi) is 4.82. The van der Waals surface area contributed by atoms with Gasteiger partial charge in [-0.05, 0) is 23.5 Å². The molecule has 0 aliphatic heterocycles. The van der Waals surface area contributed by atoms with Gasteiger partial charge in [-0.1, -0.05) is 49.9 Å². The SMILES string of the molecule is COC1(CNC(=O)CCC2CCCC2)Cc2ccccc2C1. The van der Waals surface area contributed by atoms with Gasteiger partial charge in [0.15, 0.2) is 0 Å². The van der Waals surface area contributed by atoms with Crippen molar-refractivity contribution in [3.63, 3.8) is 0 Å². The van der Waals surface area contributed by atoms with Crippen LogP contribution in [0.25, 0.3) is 0 Å². The number of rotatable bonds is 6. The Morgan fingerprint density at radius 3 is 2.45 bits per heavy atom. The van der Waals surface area contributed by atoms with Gasteiger partial charge in [0.25, 0.3) is 0 Å². The van der Waals surface area contributed by atoms with Crippen LogP contribution >= 0.6 is 0 Å². The molecule has 0 spiro atoms. The van der Waals surface area contributed by atoms with Gasteiger partial charge in [-0.15, -0.1) is 0 Å². The normalized spacial score (nSPS) is 20.0. The molecular formula is C19H27NO2. The van der Waals surface area contributed by atoms with Gasteiger partial charge in [-0.3, -0.25) is 4.79 Å². The minimum Gasteiger partial charge on any atom is -0.376 e. The molecule has 0 saturated heterocycles. The van der Waals surface area contributed by atoms with E-state index in [1.165, 1.54) is 36.8 Å². The van der Waals surface area contributed by atoms with Crippen molar-refractivity contribution < 1.29 is 9.53 Å². The summed E-state index contributed by atoms with van der Waals surface area (Å²) in [5, 5.41) is 3.11. The fourth-order valence-corrected chi connectivity index (χ4v) is 3.98. The lowest BCUT2D eigenvalue weighted by Crippen LogP contribution is -2.45. The lowest BCUT2D eigenvalue weighted by molar-refractivity contribution is -0.123. The minimum absolute atomic E-state index is 0.180. The Labute approximate surface area is 133 Å². The van der Waals surface area contributed by atoms with Crippen molar-refractivity contribution in [2.75, 3.05) is 13.7 Å². The van der Waals surface area contributed by atoms with Crippen LogP contribution in [-0.2, 0) is 22.4 Å². The van der Waals surface area contributed by atoms with Crippen molar-refractivity contribution in [3.05, 3.63) is 35.4 Å². The molecule has 3 heteroatoms. The maximum atomic E-state index is 12.1. The zero-order chi connectivity index (χ0) is 15.4. The summed E-state index contributed by atoms with van der Waals surface area (Å²) in [4.78, 5) is 12.1. The minimum atomic E-state index is -0.257. The number of ether oxygens (including phenoxy) is 1. The summed E-state index contributed by atoms with van der Waals surface area (Å²) in [6.07, 6.45) is 8.80. The molecule has 22 heavy (non-hydrogen) atoms. The topological polar surface area (TPSA) is 38.3 Å². The van der Waals surface area contributed by atoms with Crippen molar-refractivity contribution in [2.24, 2.45) is 5.92 Å². The molecule has 3 nitrogen and oxygen atoms in total. The molecule has 0 unspecified atom stereocenters. The number of nitrogens with one attached hydrogen (secondary N) is 1. The van der Waals surface area contributed by atoms with Crippen LogP contribution in [0.2, 0.25) is 0 Å². The highest BCUT2D eigenvalue weighted by Gasteiger charge is 2.37. The first kappa shape index (κ1) is 15.5. The predicted molar refractivity (Wildman–Crippen MR) is 87.8 cm³/mol. The summed E-state index contributed by atoms with van der Waals surface area (Å²) in [5.74, 6) is 0.956. The Morgan fingerprint density at radius 2 is 1.86 bits per heavy atom. The number of amides is 1. The molecule has 2 aliphatic carbocycles. The van der Waals surface area contributed by atoms with Crippen molar-refractivity contribution in [1.82, 2.24) is 5.32 Å². The molecule has 1 aromatic rings. The monoisotopic (exact) mass is 301 g/mol. The highest BCUT2D eigenvalue weighted by molar-refractivity contribution is 5.76. The van der Waals surface area contributed by atoms with Crippen LogP contribution in [0.1, 0.15) is 49.7 Å². The van der Waals surface area contributed by atoms with Crippen molar-refractivity contribution in [1.29, 1.82) is 0 Å². The lowest BCUT2D eigenvalue weighted by Gasteiger charge is -2.28. The Bertz CT molecular complexity index is 495. The van der Waals surface area contributed by atoms with E-state index in [-0.39, 0.29) is 11.5 Å². The van der Waals surface area contributed by atoms with Crippen LogP contribution in [-0.4, -0.2) is 25.2 Å². The Morgan fingerprint density at radius 1 is 1.23 bits per heavy atom. The van der Waals surface area contributed by atoms with Gasteiger partial charge in [-0.25, -0.2) is 0 Å². The number of hydrogen-bond acceptors (Lipinski definition) is 2. The fraction of sp³-hybridized carbons (Fsp3) is 0.632. The molecule has 120 valence electrons. The number of fused-ring (bicyclic) bond motifs is 1. The summed E-state index contributed by atoms with van der Waals surface area (Å²) >= 11 is 0. The van der Waals surface area contributed by atoms with E-state index in [1.807, 2.05) is 0 Å². The molecule has 0 radical (unpaired) electrons. The average Bonchev–Trinajstić information content (AvgIpc) is 3.18. The van der Waals surface area contributed by atoms with E-state index >= 15 is 0 Å². The summed E-state index contributed by atoms with van der Waals surface area (Å²) in [7, 11) is 1.76. The second kappa shape index (κ2) is 6.82. The summed E-state index contributed by atoms with van der Waals surface area (Å²) in [6, 6.07) is 8.48. The van der Waals surface area contributed by atoms with Crippen LogP contribution < -0.4 is 5.32 Å². The first-order valence-corrected chi connectivity index (χ1v) is 8.59. The first-order valence-electron chi connectivity index (χ1n) is 8.59. The first-order chi connectivity index (χ1) is 10.7. The standard InChI is InChI=1S/C19H27NO2/c1-22-19(12-16-8-4-5-9-17(16)13-19)14-20-18(21)11-10-15-6-2-3-7-15/h4-5,8-9,15H,2-3,6-7,10-14H2,1H3,(H,20,21). The van der Waals surface area contributed by atoms with E-state index in [0.29, 0.717) is 13.0 Å². The van der Waals surface area contributed by atoms with E-state index in [0.717, 1.165) is 25.2 Å². The van der Waals surface area contributed by atoms with Crippen LogP contribution in [0.5, 0.6) is 0 Å². The Balaban J connectivity index is 1.48. The molecule has 3 rings (SSSR count). The maximum absolute atomic E-state index is 12.1. The number of hydrogen-bond donors (Lipinski definition) is 1. The summed E-state index contributed by atoms with van der Waals surface area (Å²) in [6.45, 7) is 0.613. The van der Waals surface area contributed by atoms with E-state index in [9.17, 15) is 4.79 Å². The molecule has 0 atom stereocenters. The van der Waals surface area contributed by atoms with E-state index in [1.54, 1.807) is 7.11 Å². The molecule has 0 aromatic heterocycles. The quantitative estimate of drug-likeness (QED) is 0.876. The van der Waals surface area contributed by atoms with Crippen LogP contribution in [0.15, 0.2) is 24.3 Å². The number of benzene rings is 1. The number of carbonyl (C=O) groups is 1. The van der Waals surface area contributed by atoms with Crippen LogP contribution in [0, 0.1) is 5.92 Å². The maximum Gasteiger partial charge on any atom is 0.220 e. The molecule has 1 amide bonds. The smallest absolute Gasteiger partial charge is 0.220 e. The zero-order valence-corrected chi connectivity index (χ0v) is 13.6. The molecule has 1 fully saturated rings. The van der Waals surface area contributed by atoms with E-state index in [2.05, 4.69) is 29.6 Å². The summed E-state index contributed by atoms with van der Waals surface area (Å²) in [5.41, 5.74) is 2.45. The molecule has 1 N–H and O–H groups in total.